The van der Waals surface area contributed by atoms with Crippen molar-refractivity contribution in [2.45, 2.75) is 24.7 Å². The third-order valence-electron chi connectivity index (χ3n) is 4.57. The number of nitrogens with zero attached hydrogens (tertiary/aromatic N) is 2. The van der Waals surface area contributed by atoms with Gasteiger partial charge in [0.25, 0.3) is 5.01 Å². The van der Waals surface area contributed by atoms with Crippen LogP contribution in [0, 0.1) is 0 Å². The molecule has 2 aromatic carbocycles. The van der Waals surface area contributed by atoms with E-state index < -0.39 is 20.6 Å². The van der Waals surface area contributed by atoms with Gasteiger partial charge < -0.3 is 0 Å². The first kappa shape index (κ1) is 23.8. The predicted molar refractivity (Wildman–Crippen MR) is 127 cm³/mol. The molecule has 0 radical (unpaired) electrons. The Morgan fingerprint density at radius 1 is 1.12 bits per heavy atom. The number of anilines is 1. The van der Waals surface area contributed by atoms with Crippen LogP contribution in [-0.4, -0.2) is 25.9 Å². The van der Waals surface area contributed by atoms with E-state index in [1.54, 1.807) is 24.3 Å². The smallest absolute Gasteiger partial charge is 0.269 e. The van der Waals surface area contributed by atoms with Gasteiger partial charge >= 0.3 is 20.6 Å². The zero-order valence-corrected chi connectivity index (χ0v) is 21.0. The Bertz CT molecular complexity index is 1500. The summed E-state index contributed by atoms with van der Waals surface area (Å²) in [5.74, 6) is 0. The fourth-order valence-corrected chi connectivity index (χ4v) is 8.18. The van der Waals surface area contributed by atoms with E-state index >= 15 is 0 Å². The number of fused-ring (bicyclic) bond motifs is 2. The fraction of sp³-hybridized carbons (Fsp3) is 0.167. The Morgan fingerprint density at radius 3 is 2.47 bits per heavy atom. The normalized spacial score (nSPS) is 15.7. The van der Waals surface area contributed by atoms with Crippen molar-refractivity contribution in [3.05, 3.63) is 56.0 Å². The molecular formula is C18H15Cl2N2O6S4+. The lowest BCUT2D eigenvalue weighted by molar-refractivity contribution is -0.486. The van der Waals surface area contributed by atoms with Crippen molar-refractivity contribution >= 4 is 88.9 Å². The molecule has 0 unspecified atom stereocenters. The van der Waals surface area contributed by atoms with E-state index in [-0.39, 0.29) is 26.3 Å². The number of hydrogen-bond donors (Lipinski definition) is 2. The molecule has 3 aromatic rings. The number of rotatable bonds is 5. The van der Waals surface area contributed by atoms with Crippen LogP contribution in [-0.2, 0) is 27.0 Å². The Kier molecular flexibility index (Phi) is 6.27. The van der Waals surface area contributed by atoms with Crippen LogP contribution in [0.3, 0.4) is 0 Å². The molecule has 170 valence electrons. The van der Waals surface area contributed by atoms with Crippen molar-refractivity contribution in [1.82, 2.24) is 0 Å². The number of halogens is 2. The number of aryl methyl sites for hydroxylation is 1. The third-order valence-corrected chi connectivity index (χ3v) is 9.22. The molecule has 0 fully saturated rings. The Labute approximate surface area is 202 Å². The maximum atomic E-state index is 12.4. The van der Waals surface area contributed by atoms with Crippen LogP contribution in [0.2, 0.25) is 10.0 Å². The second kappa shape index (κ2) is 8.44. The number of hydrogen-bond acceptors (Lipinski definition) is 6. The standard InChI is InChI=1S/C18H14Cl2N2O6S4/c1-2-3-11-12(20)5-7-15-18(11)22(32(26,27)28)17(30-15)9-16-21(31(23,24)25)13-8-10(19)4-6-14(13)29-16/h4-9H,2-3H2,1H3,(H-,23,24,25,26,27,28)/p+1. The summed E-state index contributed by atoms with van der Waals surface area (Å²) < 4.78 is 70.8. The Morgan fingerprint density at radius 2 is 1.84 bits per heavy atom. The summed E-state index contributed by atoms with van der Waals surface area (Å²) in [5, 5.41) is 0.646. The first-order valence-electron chi connectivity index (χ1n) is 9.02. The molecule has 8 nitrogen and oxygen atoms in total. The summed E-state index contributed by atoms with van der Waals surface area (Å²) >= 11 is 14.3. The van der Waals surface area contributed by atoms with Gasteiger partial charge in [0.05, 0.1) is 16.8 Å². The summed E-state index contributed by atoms with van der Waals surface area (Å²) in [6, 6.07) is 7.79. The molecule has 14 heteroatoms. The fourth-order valence-electron chi connectivity index (χ4n) is 3.40. The highest BCUT2D eigenvalue weighted by Crippen LogP contribution is 2.49. The molecule has 0 saturated heterocycles. The first-order valence-corrected chi connectivity index (χ1v) is 14.2. The number of thioether (sulfide) groups is 1. The molecule has 0 aliphatic carbocycles. The highest BCUT2D eigenvalue weighted by atomic mass is 35.5. The topological polar surface area (TPSA) is 116 Å². The lowest BCUT2D eigenvalue weighted by atomic mass is 10.1. The van der Waals surface area contributed by atoms with Gasteiger partial charge in [-0.25, -0.2) is 8.86 Å². The van der Waals surface area contributed by atoms with Crippen molar-refractivity contribution in [3.63, 3.8) is 0 Å². The first-order chi connectivity index (χ1) is 14.9. The maximum absolute atomic E-state index is 12.4. The van der Waals surface area contributed by atoms with Crippen LogP contribution in [0.1, 0.15) is 23.9 Å². The number of thiazole rings is 1. The summed E-state index contributed by atoms with van der Waals surface area (Å²) in [7, 11) is -9.54. The summed E-state index contributed by atoms with van der Waals surface area (Å²) in [4.78, 5) is 0.493. The minimum atomic E-state index is -4.78. The van der Waals surface area contributed by atoms with Crippen molar-refractivity contribution in [3.8, 4) is 0 Å². The largest absolute Gasteiger partial charge is 0.513 e. The van der Waals surface area contributed by atoms with Crippen LogP contribution in [0.5, 0.6) is 0 Å². The van der Waals surface area contributed by atoms with Crippen molar-refractivity contribution in [1.29, 1.82) is 0 Å². The van der Waals surface area contributed by atoms with E-state index in [9.17, 15) is 25.9 Å². The molecule has 4 rings (SSSR count). The highest BCUT2D eigenvalue weighted by Gasteiger charge is 2.38. The number of aromatic nitrogens is 1. The molecular weight excluding hydrogens is 539 g/mol. The molecule has 1 aromatic heterocycles. The SMILES string of the molecule is CCCc1c(Cl)ccc2sc(C=C3Sc4ccc(Cl)cc4N3S(=O)(=O)O)[n+](S(=O)(=O)O)c12. The van der Waals surface area contributed by atoms with Gasteiger partial charge in [-0.2, -0.15) is 8.42 Å². The van der Waals surface area contributed by atoms with Gasteiger partial charge in [0.15, 0.2) is 0 Å². The molecule has 32 heavy (non-hydrogen) atoms. The second-order valence-corrected chi connectivity index (χ2v) is 12.2. The molecule has 2 N–H and O–H groups in total. The molecule has 0 atom stereocenters. The monoisotopic (exact) mass is 553 g/mol. The van der Waals surface area contributed by atoms with Gasteiger partial charge in [-0.15, -0.1) is 8.42 Å². The Balaban J connectivity index is 2.01. The third kappa shape index (κ3) is 4.26. The molecule has 0 spiro atoms. The molecule has 1 aliphatic heterocycles. The van der Waals surface area contributed by atoms with Crippen molar-refractivity contribution in [2.75, 3.05) is 4.31 Å². The van der Waals surface area contributed by atoms with Gasteiger partial charge in [0.1, 0.15) is 9.73 Å². The van der Waals surface area contributed by atoms with E-state index in [0.29, 0.717) is 37.3 Å². The minimum absolute atomic E-state index is 0.0110. The summed E-state index contributed by atoms with van der Waals surface area (Å²) in [5.41, 5.74) is 0.900. The summed E-state index contributed by atoms with van der Waals surface area (Å²) in [6.07, 6.45) is 2.42. The highest BCUT2D eigenvalue weighted by molar-refractivity contribution is 8.05. The van der Waals surface area contributed by atoms with Crippen LogP contribution >= 0.6 is 46.3 Å². The molecule has 2 heterocycles. The van der Waals surface area contributed by atoms with Gasteiger partial charge in [-0.05, 0) is 40.7 Å². The average molecular weight is 555 g/mol. The van der Waals surface area contributed by atoms with Gasteiger partial charge in [0.2, 0.25) is 5.52 Å². The van der Waals surface area contributed by atoms with Crippen molar-refractivity contribution < 1.29 is 29.9 Å². The van der Waals surface area contributed by atoms with Crippen molar-refractivity contribution in [2.24, 2.45) is 0 Å². The second-order valence-electron chi connectivity index (χ2n) is 6.74. The van der Waals surface area contributed by atoms with E-state index in [2.05, 4.69) is 0 Å². The van der Waals surface area contributed by atoms with E-state index in [1.165, 1.54) is 12.1 Å². The lowest BCUT2D eigenvalue weighted by Crippen LogP contribution is -2.44. The quantitative estimate of drug-likeness (QED) is 0.344. The van der Waals surface area contributed by atoms with Crippen LogP contribution < -0.4 is 8.28 Å². The molecule has 1 aliphatic rings. The van der Waals surface area contributed by atoms with E-state index in [4.69, 9.17) is 23.2 Å². The van der Waals surface area contributed by atoms with Gasteiger partial charge in [0, 0.05) is 15.5 Å². The zero-order chi connectivity index (χ0) is 23.4. The van der Waals surface area contributed by atoms with Gasteiger partial charge in [-0.3, -0.25) is 4.55 Å². The van der Waals surface area contributed by atoms with E-state index in [0.717, 1.165) is 27.1 Å². The molecule has 0 saturated carbocycles. The van der Waals surface area contributed by atoms with E-state index in [1.807, 2.05) is 6.92 Å². The van der Waals surface area contributed by atoms with Gasteiger partial charge in [-0.1, -0.05) is 59.6 Å². The average Bonchev–Trinajstić information content (AvgIpc) is 3.21. The molecule has 0 bridgehead atoms. The van der Waals surface area contributed by atoms with Crippen LogP contribution in [0.4, 0.5) is 5.69 Å². The lowest BCUT2D eigenvalue weighted by Gasteiger charge is -2.15. The predicted octanol–water partition coefficient (Wildman–Crippen LogP) is 4.81. The van der Waals surface area contributed by atoms with Crippen LogP contribution in [0.15, 0.2) is 40.3 Å². The number of benzene rings is 2. The van der Waals surface area contributed by atoms with Crippen LogP contribution in [0.25, 0.3) is 16.3 Å². The maximum Gasteiger partial charge on any atom is 0.513 e. The summed E-state index contributed by atoms with van der Waals surface area (Å²) in [6.45, 7) is 1.91. The minimum Gasteiger partial charge on any atom is -0.269 e. The molecule has 0 amide bonds. The zero-order valence-electron chi connectivity index (χ0n) is 16.2. The Hall–Kier alpha value is -1.38.